The molecule has 2 fully saturated rings. The van der Waals surface area contributed by atoms with Crippen LogP contribution in [0.2, 0.25) is 0 Å². The van der Waals surface area contributed by atoms with Gasteiger partial charge in [0.2, 0.25) is 0 Å². The maximum Gasteiger partial charge on any atom is 0.0500 e. The zero-order chi connectivity index (χ0) is 8.72. The Kier molecular flexibility index (Phi) is 2.16. The largest absolute Gasteiger partial charge is 0.381 e. The summed E-state index contributed by atoms with van der Waals surface area (Å²) in [5, 5.41) is 0. The van der Waals surface area contributed by atoms with Crippen LogP contribution >= 0.6 is 0 Å². The molecule has 12 heavy (non-hydrogen) atoms. The molecule has 5 atom stereocenters. The second-order valence-corrected chi connectivity index (χ2v) is 4.91. The van der Waals surface area contributed by atoms with E-state index < -0.39 is 0 Å². The topological polar surface area (TPSA) is 9.23 Å². The van der Waals surface area contributed by atoms with E-state index in [4.69, 9.17) is 4.74 Å². The fraction of sp³-hybridized carbons (Fsp3) is 1.00. The van der Waals surface area contributed by atoms with Crippen LogP contribution in [0, 0.1) is 29.6 Å². The van der Waals surface area contributed by atoms with Crippen LogP contribution in [0.1, 0.15) is 27.2 Å². The van der Waals surface area contributed by atoms with E-state index in [1.807, 2.05) is 0 Å². The molecule has 0 aromatic heterocycles. The predicted molar refractivity (Wildman–Crippen MR) is 49.9 cm³/mol. The van der Waals surface area contributed by atoms with Gasteiger partial charge in [0.1, 0.15) is 0 Å². The summed E-state index contributed by atoms with van der Waals surface area (Å²) >= 11 is 0. The highest BCUT2D eigenvalue weighted by atomic mass is 16.5. The molecular weight excluding hydrogens is 148 g/mol. The first-order valence-corrected chi connectivity index (χ1v) is 5.28. The molecule has 0 amide bonds. The number of ether oxygens (including phenoxy) is 1. The summed E-state index contributed by atoms with van der Waals surface area (Å²) in [6.45, 7) is 9.26. The minimum atomic E-state index is 0.865. The number of hydrogen-bond acceptors (Lipinski definition) is 1. The number of fused-ring (bicyclic) bond motifs is 1. The summed E-state index contributed by atoms with van der Waals surface area (Å²) in [6.07, 6.45) is 1.41. The SMILES string of the molecule is CC1CC(C)C2COCC2C1C. The highest BCUT2D eigenvalue weighted by Crippen LogP contribution is 2.44. The maximum absolute atomic E-state index is 5.58. The molecule has 0 N–H and O–H groups in total. The van der Waals surface area contributed by atoms with E-state index in [2.05, 4.69) is 20.8 Å². The Balaban J connectivity index is 2.12. The smallest absolute Gasteiger partial charge is 0.0500 e. The van der Waals surface area contributed by atoms with Crippen LogP contribution in [0.5, 0.6) is 0 Å². The zero-order valence-electron chi connectivity index (χ0n) is 8.42. The Morgan fingerprint density at radius 2 is 1.58 bits per heavy atom. The van der Waals surface area contributed by atoms with Crippen molar-refractivity contribution in [3.8, 4) is 0 Å². The minimum absolute atomic E-state index is 0.865. The molecule has 2 rings (SSSR count). The monoisotopic (exact) mass is 168 g/mol. The summed E-state index contributed by atoms with van der Waals surface area (Å²) in [4.78, 5) is 0. The van der Waals surface area contributed by atoms with Gasteiger partial charge in [-0.15, -0.1) is 0 Å². The summed E-state index contributed by atoms with van der Waals surface area (Å²) in [7, 11) is 0. The van der Waals surface area contributed by atoms with Crippen molar-refractivity contribution in [2.45, 2.75) is 27.2 Å². The molecule has 1 saturated carbocycles. The Labute approximate surface area is 75.5 Å². The van der Waals surface area contributed by atoms with Crippen molar-refractivity contribution in [3.63, 3.8) is 0 Å². The molecule has 0 spiro atoms. The van der Waals surface area contributed by atoms with E-state index in [0.29, 0.717) is 0 Å². The van der Waals surface area contributed by atoms with Gasteiger partial charge in [-0.25, -0.2) is 0 Å². The lowest BCUT2D eigenvalue weighted by molar-refractivity contribution is 0.0984. The van der Waals surface area contributed by atoms with Crippen LogP contribution in [0.4, 0.5) is 0 Å². The van der Waals surface area contributed by atoms with Gasteiger partial charge in [-0.05, 0) is 36.0 Å². The molecule has 0 bridgehead atoms. The maximum atomic E-state index is 5.58. The Hall–Kier alpha value is -0.0400. The number of rotatable bonds is 0. The van der Waals surface area contributed by atoms with Crippen LogP contribution < -0.4 is 0 Å². The molecule has 0 aromatic carbocycles. The molecule has 1 nitrogen and oxygen atoms in total. The molecule has 70 valence electrons. The normalized spacial score (nSPS) is 53.8. The van der Waals surface area contributed by atoms with E-state index in [9.17, 15) is 0 Å². The molecule has 0 radical (unpaired) electrons. The Morgan fingerprint density at radius 1 is 0.917 bits per heavy atom. The van der Waals surface area contributed by atoms with Crippen LogP contribution in [0.25, 0.3) is 0 Å². The summed E-state index contributed by atoms with van der Waals surface area (Å²) < 4.78 is 5.58. The van der Waals surface area contributed by atoms with E-state index in [-0.39, 0.29) is 0 Å². The molecule has 1 aliphatic heterocycles. The second-order valence-electron chi connectivity index (χ2n) is 4.91. The molecule has 5 unspecified atom stereocenters. The highest BCUT2D eigenvalue weighted by Gasteiger charge is 2.42. The van der Waals surface area contributed by atoms with Crippen molar-refractivity contribution >= 4 is 0 Å². The van der Waals surface area contributed by atoms with Gasteiger partial charge >= 0.3 is 0 Å². The van der Waals surface area contributed by atoms with Gasteiger partial charge in [0, 0.05) is 0 Å². The van der Waals surface area contributed by atoms with Crippen LogP contribution in [0.15, 0.2) is 0 Å². The van der Waals surface area contributed by atoms with Gasteiger partial charge in [-0.3, -0.25) is 0 Å². The first-order valence-electron chi connectivity index (χ1n) is 5.28. The Bertz CT molecular complexity index is 166. The standard InChI is InChI=1S/C11H20O/c1-7-4-8(2)10-5-12-6-11(10)9(7)3/h7-11H,4-6H2,1-3H3. The quantitative estimate of drug-likeness (QED) is 0.540. The first kappa shape index (κ1) is 8.55. The third kappa shape index (κ3) is 1.19. The summed E-state index contributed by atoms with van der Waals surface area (Å²) in [6, 6.07) is 0. The fourth-order valence-corrected chi connectivity index (χ4v) is 3.11. The van der Waals surface area contributed by atoms with Crippen molar-refractivity contribution in [1.82, 2.24) is 0 Å². The third-order valence-corrected chi connectivity index (χ3v) is 4.22. The fourth-order valence-electron chi connectivity index (χ4n) is 3.11. The van der Waals surface area contributed by atoms with Crippen molar-refractivity contribution in [2.75, 3.05) is 13.2 Å². The lowest BCUT2D eigenvalue weighted by atomic mass is 9.65. The average Bonchev–Trinajstić information content (AvgIpc) is 2.48. The number of hydrogen-bond donors (Lipinski definition) is 0. The third-order valence-electron chi connectivity index (χ3n) is 4.22. The van der Waals surface area contributed by atoms with Gasteiger partial charge < -0.3 is 4.74 Å². The average molecular weight is 168 g/mol. The van der Waals surface area contributed by atoms with Gasteiger partial charge in [-0.2, -0.15) is 0 Å². The van der Waals surface area contributed by atoms with E-state index >= 15 is 0 Å². The van der Waals surface area contributed by atoms with Crippen molar-refractivity contribution in [3.05, 3.63) is 0 Å². The molecule has 1 saturated heterocycles. The van der Waals surface area contributed by atoms with E-state index in [1.165, 1.54) is 6.42 Å². The lowest BCUT2D eigenvalue weighted by Gasteiger charge is -2.39. The first-order chi connectivity index (χ1) is 5.70. The van der Waals surface area contributed by atoms with Crippen LogP contribution in [-0.2, 0) is 4.74 Å². The minimum Gasteiger partial charge on any atom is -0.381 e. The van der Waals surface area contributed by atoms with Crippen molar-refractivity contribution in [2.24, 2.45) is 29.6 Å². The molecule has 2 aliphatic rings. The van der Waals surface area contributed by atoms with Gasteiger partial charge in [0.05, 0.1) is 13.2 Å². The summed E-state index contributed by atoms with van der Waals surface area (Å²) in [5.41, 5.74) is 0. The predicted octanol–water partition coefficient (Wildman–Crippen LogP) is 2.56. The molecule has 1 heterocycles. The molecule has 1 heteroatoms. The van der Waals surface area contributed by atoms with Crippen LogP contribution in [0.3, 0.4) is 0 Å². The van der Waals surface area contributed by atoms with Gasteiger partial charge in [-0.1, -0.05) is 20.8 Å². The molecule has 1 aliphatic carbocycles. The van der Waals surface area contributed by atoms with E-state index in [0.717, 1.165) is 42.8 Å². The lowest BCUT2D eigenvalue weighted by Crippen LogP contribution is -2.35. The Morgan fingerprint density at radius 3 is 2.33 bits per heavy atom. The van der Waals surface area contributed by atoms with E-state index in [1.54, 1.807) is 0 Å². The summed E-state index contributed by atoms with van der Waals surface area (Å²) in [5.74, 6) is 4.42. The van der Waals surface area contributed by atoms with Gasteiger partial charge in [0.25, 0.3) is 0 Å². The van der Waals surface area contributed by atoms with Crippen LogP contribution in [-0.4, -0.2) is 13.2 Å². The van der Waals surface area contributed by atoms with Crippen molar-refractivity contribution < 1.29 is 4.74 Å². The molecule has 0 aromatic rings. The molecular formula is C11H20O. The zero-order valence-corrected chi connectivity index (χ0v) is 8.42. The van der Waals surface area contributed by atoms with Gasteiger partial charge in [0.15, 0.2) is 0 Å². The van der Waals surface area contributed by atoms with Crippen molar-refractivity contribution in [1.29, 1.82) is 0 Å². The highest BCUT2D eigenvalue weighted by molar-refractivity contribution is 4.89. The second kappa shape index (κ2) is 3.02.